The minimum Gasteiger partial charge on any atom is -0.348 e. The molecule has 31 heavy (non-hydrogen) atoms. The minimum atomic E-state index is -4.57. The van der Waals surface area contributed by atoms with Crippen molar-refractivity contribution in [2.24, 2.45) is 5.41 Å². The summed E-state index contributed by atoms with van der Waals surface area (Å²) >= 11 is 2.95. The molecular formula is C19H16BrF4N3O3S. The van der Waals surface area contributed by atoms with Gasteiger partial charge in [0.1, 0.15) is 16.4 Å². The molecule has 1 aromatic carbocycles. The molecule has 2 aromatic rings. The molecule has 6 nitrogen and oxygen atoms in total. The van der Waals surface area contributed by atoms with Crippen molar-refractivity contribution in [3.05, 3.63) is 58.1 Å². The number of nitrogens with zero attached hydrogens (tertiary/aromatic N) is 2. The number of hydrogen-bond donors (Lipinski definition) is 1. The Morgan fingerprint density at radius 1 is 1.23 bits per heavy atom. The lowest BCUT2D eigenvalue weighted by Gasteiger charge is -2.58. The molecule has 0 atom stereocenters. The van der Waals surface area contributed by atoms with Crippen LogP contribution in [0.15, 0.2) is 45.9 Å². The fraction of sp³-hybridized carbons (Fsp3) is 0.368. The summed E-state index contributed by atoms with van der Waals surface area (Å²) < 4.78 is 78.3. The first kappa shape index (κ1) is 22.2. The predicted molar refractivity (Wildman–Crippen MR) is 105 cm³/mol. The molecule has 1 amide bonds. The van der Waals surface area contributed by atoms with Gasteiger partial charge in [0.2, 0.25) is 10.0 Å². The quantitative estimate of drug-likeness (QED) is 0.623. The Bertz CT molecular complexity index is 1140. The van der Waals surface area contributed by atoms with Crippen LogP contribution in [-0.2, 0) is 16.2 Å². The van der Waals surface area contributed by atoms with Crippen LogP contribution >= 0.6 is 15.9 Å². The maximum absolute atomic E-state index is 13.9. The highest BCUT2D eigenvalue weighted by Crippen LogP contribution is 2.50. The average Bonchev–Trinajstić information content (AvgIpc) is 2.61. The number of halogens is 5. The summed E-state index contributed by atoms with van der Waals surface area (Å²) in [4.78, 5) is 15.6. The largest absolute Gasteiger partial charge is 0.417 e. The van der Waals surface area contributed by atoms with E-state index in [-0.39, 0.29) is 39.6 Å². The Kier molecular flexibility index (Phi) is 5.38. The van der Waals surface area contributed by atoms with Crippen LogP contribution in [0.3, 0.4) is 0 Å². The van der Waals surface area contributed by atoms with Crippen molar-refractivity contribution in [1.82, 2.24) is 14.6 Å². The number of rotatable bonds is 4. The van der Waals surface area contributed by atoms with Gasteiger partial charge in [-0.2, -0.15) is 17.5 Å². The van der Waals surface area contributed by atoms with Crippen LogP contribution in [0.5, 0.6) is 0 Å². The zero-order chi connectivity index (χ0) is 22.6. The standard InChI is InChI=1S/C19H16BrF4N3O3S/c20-13-5-11(19(22,23)24)8-25-16(13)17(28)26-12-6-18(7-12)9-27(10-18)31(29,30)15-4-2-1-3-14(15)21/h1-5,8,12H,6-7,9-10H2,(H,26,28). The van der Waals surface area contributed by atoms with E-state index in [9.17, 15) is 30.8 Å². The van der Waals surface area contributed by atoms with Crippen molar-refractivity contribution < 1.29 is 30.8 Å². The summed E-state index contributed by atoms with van der Waals surface area (Å²) in [7, 11) is -3.92. The summed E-state index contributed by atoms with van der Waals surface area (Å²) in [6, 6.07) is 5.71. The van der Waals surface area contributed by atoms with Crippen molar-refractivity contribution >= 4 is 31.9 Å². The Morgan fingerprint density at radius 3 is 2.45 bits per heavy atom. The molecule has 1 spiro atoms. The van der Waals surface area contributed by atoms with Crippen LogP contribution in [0.4, 0.5) is 17.6 Å². The number of carbonyl (C=O) groups excluding carboxylic acids is 1. The molecule has 166 valence electrons. The van der Waals surface area contributed by atoms with Crippen molar-refractivity contribution in [3.63, 3.8) is 0 Å². The van der Waals surface area contributed by atoms with Gasteiger partial charge >= 0.3 is 6.18 Å². The SMILES string of the molecule is O=C(NC1CC2(C1)CN(S(=O)(=O)c1ccccc1F)C2)c1ncc(C(F)(F)F)cc1Br. The van der Waals surface area contributed by atoms with Gasteiger partial charge in [0, 0.05) is 35.2 Å². The number of alkyl halides is 3. The van der Waals surface area contributed by atoms with Crippen molar-refractivity contribution in [2.45, 2.75) is 30.0 Å². The van der Waals surface area contributed by atoms with Crippen LogP contribution in [0.25, 0.3) is 0 Å². The first-order valence-electron chi connectivity index (χ1n) is 9.20. The zero-order valence-corrected chi connectivity index (χ0v) is 18.2. The van der Waals surface area contributed by atoms with Gasteiger partial charge in [0.25, 0.3) is 5.91 Å². The summed E-state index contributed by atoms with van der Waals surface area (Å²) in [5.74, 6) is -1.42. The number of amides is 1. The smallest absolute Gasteiger partial charge is 0.348 e. The summed E-state index contributed by atoms with van der Waals surface area (Å²) in [6.07, 6.45) is -2.94. The molecule has 0 radical (unpaired) electrons. The minimum absolute atomic E-state index is 0.0698. The van der Waals surface area contributed by atoms with Gasteiger partial charge in [-0.3, -0.25) is 4.79 Å². The molecule has 0 bridgehead atoms. The molecule has 2 fully saturated rings. The fourth-order valence-corrected chi connectivity index (χ4v) is 6.28. The monoisotopic (exact) mass is 521 g/mol. The molecule has 2 heterocycles. The van der Waals surface area contributed by atoms with Gasteiger partial charge in [-0.15, -0.1) is 0 Å². The molecule has 12 heteroatoms. The van der Waals surface area contributed by atoms with Crippen LogP contribution in [0.2, 0.25) is 0 Å². The number of benzene rings is 1. The average molecular weight is 522 g/mol. The topological polar surface area (TPSA) is 79.4 Å². The summed E-state index contributed by atoms with van der Waals surface area (Å²) in [6.45, 7) is 0.441. The van der Waals surface area contributed by atoms with E-state index in [1.807, 2.05) is 0 Å². The molecule has 0 unspecified atom stereocenters. The van der Waals surface area contributed by atoms with E-state index < -0.39 is 33.5 Å². The van der Waals surface area contributed by atoms with Crippen LogP contribution in [0, 0.1) is 11.2 Å². The van der Waals surface area contributed by atoms with Gasteiger partial charge in [-0.1, -0.05) is 12.1 Å². The number of hydrogen-bond acceptors (Lipinski definition) is 4. The third-order valence-electron chi connectivity index (χ3n) is 5.56. The van der Waals surface area contributed by atoms with Crippen molar-refractivity contribution in [2.75, 3.05) is 13.1 Å². The number of carbonyl (C=O) groups is 1. The Morgan fingerprint density at radius 2 is 1.87 bits per heavy atom. The predicted octanol–water partition coefficient (Wildman–Crippen LogP) is 3.59. The second-order valence-electron chi connectivity index (χ2n) is 7.83. The van der Waals surface area contributed by atoms with Gasteiger partial charge in [-0.05, 0) is 47.0 Å². The third-order valence-corrected chi connectivity index (χ3v) is 7.99. The second kappa shape index (κ2) is 7.52. The Labute approximate surface area is 183 Å². The molecule has 1 aliphatic carbocycles. The number of aromatic nitrogens is 1. The first-order valence-corrected chi connectivity index (χ1v) is 11.4. The highest BCUT2D eigenvalue weighted by molar-refractivity contribution is 9.10. The summed E-state index contributed by atoms with van der Waals surface area (Å²) in [5, 5.41) is 2.71. The fourth-order valence-electron chi connectivity index (χ4n) is 4.02. The number of nitrogens with one attached hydrogen (secondary N) is 1. The molecule has 4 rings (SSSR count). The van der Waals surface area contributed by atoms with Gasteiger partial charge < -0.3 is 5.32 Å². The maximum Gasteiger partial charge on any atom is 0.417 e. The Hall–Kier alpha value is -2.05. The lowest BCUT2D eigenvalue weighted by Crippen LogP contribution is -2.67. The van der Waals surface area contributed by atoms with E-state index in [1.165, 1.54) is 22.5 Å². The maximum atomic E-state index is 13.9. The van der Waals surface area contributed by atoms with Crippen molar-refractivity contribution in [1.29, 1.82) is 0 Å². The molecule has 1 aliphatic heterocycles. The molecule has 1 saturated heterocycles. The lowest BCUT2D eigenvalue weighted by molar-refractivity contribution is -0.137. The molecule has 2 aliphatic rings. The molecule has 1 saturated carbocycles. The van der Waals surface area contributed by atoms with E-state index in [1.54, 1.807) is 0 Å². The normalized spacial score (nSPS) is 19.0. The highest BCUT2D eigenvalue weighted by Gasteiger charge is 2.56. The zero-order valence-electron chi connectivity index (χ0n) is 15.8. The van der Waals surface area contributed by atoms with Crippen LogP contribution < -0.4 is 5.32 Å². The first-order chi connectivity index (χ1) is 14.4. The molecule has 1 N–H and O–H groups in total. The second-order valence-corrected chi connectivity index (χ2v) is 10.6. The summed E-state index contributed by atoms with van der Waals surface area (Å²) in [5.41, 5.74) is -1.42. The number of sulfonamides is 1. The van der Waals surface area contributed by atoms with Gasteiger partial charge in [0.15, 0.2) is 0 Å². The van der Waals surface area contributed by atoms with Gasteiger partial charge in [0.05, 0.1) is 5.56 Å². The van der Waals surface area contributed by atoms with E-state index in [0.717, 1.165) is 12.1 Å². The van der Waals surface area contributed by atoms with Crippen LogP contribution in [-0.4, -0.2) is 42.7 Å². The molecular weight excluding hydrogens is 506 g/mol. The van der Waals surface area contributed by atoms with Crippen molar-refractivity contribution in [3.8, 4) is 0 Å². The van der Waals surface area contributed by atoms with E-state index in [0.29, 0.717) is 19.0 Å². The van der Waals surface area contributed by atoms with E-state index in [2.05, 4.69) is 26.2 Å². The number of pyridine rings is 1. The molecule has 1 aromatic heterocycles. The highest BCUT2D eigenvalue weighted by atomic mass is 79.9. The van der Waals surface area contributed by atoms with Crippen LogP contribution in [0.1, 0.15) is 28.9 Å². The third kappa shape index (κ3) is 4.08. The Balaban J connectivity index is 1.34. The van der Waals surface area contributed by atoms with E-state index in [4.69, 9.17) is 0 Å². The van der Waals surface area contributed by atoms with Gasteiger partial charge in [-0.25, -0.2) is 17.8 Å². The van der Waals surface area contributed by atoms with E-state index >= 15 is 0 Å². The lowest BCUT2D eigenvalue weighted by atomic mass is 9.61.